The number of hydrogen-bond acceptors (Lipinski definition) is 4. The number of aromatic nitrogens is 2. The van der Waals surface area contributed by atoms with E-state index in [1.807, 2.05) is 47.5 Å². The van der Waals surface area contributed by atoms with Gasteiger partial charge in [-0.3, -0.25) is 4.79 Å². The molecule has 0 fully saturated rings. The van der Waals surface area contributed by atoms with Gasteiger partial charge in [0, 0.05) is 35.3 Å². The van der Waals surface area contributed by atoms with E-state index >= 15 is 0 Å². The van der Waals surface area contributed by atoms with Crippen LogP contribution in [0.1, 0.15) is 51.1 Å². The summed E-state index contributed by atoms with van der Waals surface area (Å²) in [5.41, 5.74) is 2.93. The van der Waals surface area contributed by atoms with Gasteiger partial charge in [0.2, 0.25) is 0 Å². The number of amides is 1. The topological polar surface area (TPSA) is 56.1 Å². The summed E-state index contributed by atoms with van der Waals surface area (Å²) in [7, 11) is 3.58. The quantitative estimate of drug-likeness (QED) is 0.729. The highest BCUT2D eigenvalue weighted by atomic mass is 32.1. The van der Waals surface area contributed by atoms with Crippen molar-refractivity contribution in [3.63, 3.8) is 0 Å². The second-order valence-electron chi connectivity index (χ2n) is 6.80. The molecule has 0 aliphatic heterocycles. The van der Waals surface area contributed by atoms with E-state index in [-0.39, 0.29) is 11.9 Å². The third kappa shape index (κ3) is 3.37. The van der Waals surface area contributed by atoms with Gasteiger partial charge in [-0.2, -0.15) is 0 Å². The van der Waals surface area contributed by atoms with Crippen molar-refractivity contribution in [2.75, 3.05) is 7.11 Å². The van der Waals surface area contributed by atoms with Gasteiger partial charge in [0.1, 0.15) is 17.6 Å². The van der Waals surface area contributed by atoms with E-state index < -0.39 is 0 Å². The van der Waals surface area contributed by atoms with E-state index in [2.05, 4.69) is 10.3 Å². The van der Waals surface area contributed by atoms with Crippen molar-refractivity contribution in [1.29, 1.82) is 0 Å². The molecule has 4 rings (SSSR count). The van der Waals surface area contributed by atoms with E-state index in [0.29, 0.717) is 0 Å². The molecule has 1 aromatic carbocycles. The van der Waals surface area contributed by atoms with Crippen LogP contribution in [0.25, 0.3) is 0 Å². The zero-order chi connectivity index (χ0) is 18.8. The van der Waals surface area contributed by atoms with E-state index in [9.17, 15) is 4.79 Å². The number of methoxy groups -OCH3 is 1. The lowest BCUT2D eigenvalue weighted by atomic mass is 9.95. The van der Waals surface area contributed by atoms with Crippen molar-refractivity contribution in [2.24, 2.45) is 7.05 Å². The first kappa shape index (κ1) is 17.8. The fourth-order valence-electron chi connectivity index (χ4n) is 3.73. The standard InChI is InChI=1S/C21H23N3O2S/c1-24-12-11-22-20(24)19(15-8-3-5-9-17(15)26-2)23-21(25)16-13-27-18-10-6-4-7-14(16)18/h3,5,8-9,11-13,19H,4,6-7,10H2,1-2H3,(H,23,25). The van der Waals surface area contributed by atoms with Crippen molar-refractivity contribution in [2.45, 2.75) is 31.7 Å². The van der Waals surface area contributed by atoms with Gasteiger partial charge in [-0.15, -0.1) is 11.3 Å². The van der Waals surface area contributed by atoms with Crippen LogP contribution in [0.3, 0.4) is 0 Å². The molecule has 1 unspecified atom stereocenters. The van der Waals surface area contributed by atoms with Gasteiger partial charge in [-0.25, -0.2) is 4.98 Å². The predicted octanol–water partition coefficient (Wildman–Crippen LogP) is 3.89. The molecule has 0 radical (unpaired) electrons. The summed E-state index contributed by atoms with van der Waals surface area (Å²) in [6.45, 7) is 0. The number of carbonyl (C=O) groups excluding carboxylic acids is 1. The summed E-state index contributed by atoms with van der Waals surface area (Å²) in [6.07, 6.45) is 8.07. The Bertz CT molecular complexity index is 960. The van der Waals surface area contributed by atoms with Crippen molar-refractivity contribution in [1.82, 2.24) is 14.9 Å². The van der Waals surface area contributed by atoms with Crippen molar-refractivity contribution in [3.8, 4) is 5.75 Å². The van der Waals surface area contributed by atoms with E-state index in [0.717, 1.165) is 42.0 Å². The second-order valence-corrected chi connectivity index (χ2v) is 7.77. The van der Waals surface area contributed by atoms with E-state index in [4.69, 9.17) is 4.74 Å². The number of nitrogens with one attached hydrogen (secondary N) is 1. The predicted molar refractivity (Wildman–Crippen MR) is 106 cm³/mol. The lowest BCUT2D eigenvalue weighted by molar-refractivity contribution is 0.0940. The summed E-state index contributed by atoms with van der Waals surface area (Å²) in [5, 5.41) is 5.21. The molecule has 2 aromatic heterocycles. The molecule has 1 aliphatic rings. The summed E-state index contributed by atoms with van der Waals surface area (Å²) in [4.78, 5) is 19.0. The van der Waals surface area contributed by atoms with Gasteiger partial charge >= 0.3 is 0 Å². The summed E-state index contributed by atoms with van der Waals surface area (Å²) < 4.78 is 7.47. The van der Waals surface area contributed by atoms with Crippen LogP contribution in [-0.2, 0) is 19.9 Å². The molecule has 3 aromatic rings. The number of para-hydroxylation sites is 1. The number of fused-ring (bicyclic) bond motifs is 1. The molecule has 27 heavy (non-hydrogen) atoms. The maximum absolute atomic E-state index is 13.2. The number of ether oxygens (including phenoxy) is 1. The monoisotopic (exact) mass is 381 g/mol. The fraction of sp³-hybridized carbons (Fsp3) is 0.333. The first-order valence-corrected chi connectivity index (χ1v) is 10.1. The van der Waals surface area contributed by atoms with Gasteiger partial charge < -0.3 is 14.6 Å². The van der Waals surface area contributed by atoms with Gasteiger partial charge in [-0.05, 0) is 37.3 Å². The molecule has 1 aliphatic carbocycles. The highest BCUT2D eigenvalue weighted by Crippen LogP contribution is 2.32. The minimum atomic E-state index is -0.382. The SMILES string of the molecule is COc1ccccc1C(NC(=O)c1csc2c1CCCC2)c1nccn1C. The molecule has 1 N–H and O–H groups in total. The summed E-state index contributed by atoms with van der Waals surface area (Å²) >= 11 is 1.71. The number of carbonyl (C=O) groups is 1. The zero-order valence-corrected chi connectivity index (χ0v) is 16.4. The van der Waals surface area contributed by atoms with Crippen LogP contribution in [0.5, 0.6) is 5.75 Å². The van der Waals surface area contributed by atoms with Crippen molar-refractivity contribution >= 4 is 17.2 Å². The number of imidazole rings is 1. The Morgan fingerprint density at radius 3 is 2.89 bits per heavy atom. The Balaban J connectivity index is 1.71. The largest absolute Gasteiger partial charge is 0.496 e. The Kier molecular flexibility index (Phi) is 4.99. The molecule has 0 spiro atoms. The molecule has 2 heterocycles. The summed E-state index contributed by atoms with van der Waals surface area (Å²) in [5.74, 6) is 1.46. The highest BCUT2D eigenvalue weighted by Gasteiger charge is 2.27. The zero-order valence-electron chi connectivity index (χ0n) is 15.6. The smallest absolute Gasteiger partial charge is 0.253 e. The van der Waals surface area contributed by atoms with Gasteiger partial charge in [0.05, 0.1) is 12.7 Å². The van der Waals surface area contributed by atoms with Crippen LogP contribution in [0.15, 0.2) is 42.0 Å². The first-order valence-electron chi connectivity index (χ1n) is 9.19. The molecular weight excluding hydrogens is 358 g/mol. The normalized spacial score (nSPS) is 14.4. The van der Waals surface area contributed by atoms with Crippen molar-refractivity contribution < 1.29 is 9.53 Å². The molecule has 140 valence electrons. The molecule has 5 nitrogen and oxygen atoms in total. The van der Waals surface area contributed by atoms with Gasteiger partial charge in [0.25, 0.3) is 5.91 Å². The Morgan fingerprint density at radius 2 is 2.11 bits per heavy atom. The average molecular weight is 382 g/mol. The third-order valence-corrected chi connectivity index (χ3v) is 6.24. The molecule has 0 saturated heterocycles. The average Bonchev–Trinajstić information content (AvgIpc) is 3.32. The molecule has 0 saturated carbocycles. The maximum Gasteiger partial charge on any atom is 0.253 e. The highest BCUT2D eigenvalue weighted by molar-refractivity contribution is 7.10. The maximum atomic E-state index is 13.2. The lowest BCUT2D eigenvalue weighted by Gasteiger charge is -2.22. The van der Waals surface area contributed by atoms with E-state index in [1.165, 1.54) is 16.9 Å². The van der Waals surface area contributed by atoms with Gasteiger partial charge in [0.15, 0.2) is 0 Å². The first-order chi connectivity index (χ1) is 13.2. The number of rotatable bonds is 5. The Hall–Kier alpha value is -2.60. The van der Waals surface area contributed by atoms with Crippen LogP contribution < -0.4 is 10.1 Å². The molecular formula is C21H23N3O2S. The number of thiophene rings is 1. The van der Waals surface area contributed by atoms with Crippen LogP contribution in [0, 0.1) is 0 Å². The minimum absolute atomic E-state index is 0.0479. The number of aryl methyl sites for hydroxylation is 2. The molecule has 1 atom stereocenters. The van der Waals surface area contributed by atoms with Crippen LogP contribution >= 0.6 is 11.3 Å². The number of benzene rings is 1. The fourth-order valence-corrected chi connectivity index (χ4v) is 4.86. The van der Waals surface area contributed by atoms with Gasteiger partial charge in [-0.1, -0.05) is 18.2 Å². The van der Waals surface area contributed by atoms with Crippen LogP contribution in [0.2, 0.25) is 0 Å². The van der Waals surface area contributed by atoms with Crippen LogP contribution in [-0.4, -0.2) is 22.6 Å². The lowest BCUT2D eigenvalue weighted by Crippen LogP contribution is -2.31. The summed E-state index contributed by atoms with van der Waals surface area (Å²) in [6, 6.07) is 7.38. The second kappa shape index (κ2) is 7.56. The molecule has 1 amide bonds. The molecule has 6 heteroatoms. The Labute approximate surface area is 163 Å². The van der Waals surface area contributed by atoms with Crippen molar-refractivity contribution in [3.05, 3.63) is 69.4 Å². The number of hydrogen-bond donors (Lipinski definition) is 1. The minimum Gasteiger partial charge on any atom is -0.496 e. The third-order valence-electron chi connectivity index (χ3n) is 5.15. The van der Waals surface area contributed by atoms with Crippen LogP contribution in [0.4, 0.5) is 0 Å². The number of nitrogens with zero attached hydrogens (tertiary/aromatic N) is 2. The Morgan fingerprint density at radius 1 is 1.30 bits per heavy atom. The molecule has 0 bridgehead atoms. The van der Waals surface area contributed by atoms with E-state index in [1.54, 1.807) is 24.6 Å².